The molecule has 1 aliphatic heterocycles. The number of aromatic amines is 1. The van der Waals surface area contributed by atoms with Gasteiger partial charge in [0.25, 0.3) is 0 Å². The van der Waals surface area contributed by atoms with Crippen LogP contribution < -0.4 is 4.90 Å². The summed E-state index contributed by atoms with van der Waals surface area (Å²) in [6, 6.07) is 9.08. The number of thiazole rings is 1. The van der Waals surface area contributed by atoms with Gasteiger partial charge in [0.05, 0.1) is 17.3 Å². The zero-order valence-corrected chi connectivity index (χ0v) is 21.6. The summed E-state index contributed by atoms with van der Waals surface area (Å²) in [6.07, 6.45) is 0.871. The van der Waals surface area contributed by atoms with E-state index in [0.29, 0.717) is 21.1 Å². The largest absolute Gasteiger partial charge is 0.492 e. The highest BCUT2D eigenvalue weighted by Gasteiger charge is 2.33. The smallest absolute Gasteiger partial charge is 0.417 e. The van der Waals surface area contributed by atoms with Crippen molar-refractivity contribution in [1.82, 2.24) is 20.1 Å². The molecule has 1 aliphatic rings. The van der Waals surface area contributed by atoms with Crippen LogP contribution in [0.4, 0.5) is 18.3 Å². The molecule has 194 valence electrons. The first-order valence-corrected chi connectivity index (χ1v) is 13.0. The number of anilines is 1. The van der Waals surface area contributed by atoms with Gasteiger partial charge < -0.3 is 14.9 Å². The Kier molecular flexibility index (Phi) is 7.15. The van der Waals surface area contributed by atoms with E-state index in [1.165, 1.54) is 42.4 Å². The first-order valence-electron chi connectivity index (χ1n) is 11.8. The Labute approximate surface area is 221 Å². The number of rotatable bonds is 7. The van der Waals surface area contributed by atoms with Crippen molar-refractivity contribution < 1.29 is 18.3 Å². The normalized spacial score (nSPS) is 15.1. The number of benzene rings is 2. The topological polar surface area (TPSA) is 68.3 Å². The van der Waals surface area contributed by atoms with E-state index >= 15 is 0 Å². The molecule has 3 heterocycles. The van der Waals surface area contributed by atoms with Gasteiger partial charge in [-0.2, -0.15) is 23.3 Å². The van der Waals surface area contributed by atoms with Crippen LogP contribution in [0, 0.1) is 0 Å². The van der Waals surface area contributed by atoms with Crippen LogP contribution in [0.2, 0.25) is 5.02 Å². The van der Waals surface area contributed by atoms with Crippen LogP contribution in [-0.2, 0) is 6.18 Å². The van der Waals surface area contributed by atoms with Gasteiger partial charge in [-0.15, -0.1) is 0 Å². The van der Waals surface area contributed by atoms with Gasteiger partial charge in [0.2, 0.25) is 5.88 Å². The Morgan fingerprint density at radius 2 is 2.00 bits per heavy atom. The number of fused-ring (bicyclic) bond motifs is 1. The van der Waals surface area contributed by atoms with Crippen LogP contribution in [0.25, 0.3) is 22.6 Å². The lowest BCUT2D eigenvalue weighted by Gasteiger charge is -2.20. The van der Waals surface area contributed by atoms with Crippen LogP contribution in [0.15, 0.2) is 42.6 Å². The maximum atomic E-state index is 13.9. The fourth-order valence-corrected chi connectivity index (χ4v) is 5.64. The minimum absolute atomic E-state index is 0.00612. The van der Waals surface area contributed by atoms with E-state index in [0.717, 1.165) is 43.1 Å². The molecule has 0 saturated carbocycles. The highest BCUT2D eigenvalue weighted by atomic mass is 35.5. The zero-order valence-electron chi connectivity index (χ0n) is 20.0. The first kappa shape index (κ1) is 25.6. The quantitative estimate of drug-likeness (QED) is 0.258. The van der Waals surface area contributed by atoms with Gasteiger partial charge in [-0.25, -0.2) is 0 Å². The van der Waals surface area contributed by atoms with E-state index in [1.54, 1.807) is 18.3 Å². The number of aromatic nitrogens is 3. The van der Waals surface area contributed by atoms with Crippen LogP contribution in [0.5, 0.6) is 5.88 Å². The van der Waals surface area contributed by atoms with Gasteiger partial charge in [0.15, 0.2) is 5.13 Å². The number of likely N-dealkylation sites (N-methyl/N-ethyl adjacent to an activating group) is 1. The summed E-state index contributed by atoms with van der Waals surface area (Å²) in [5, 5.41) is 19.2. The average molecular weight is 548 g/mol. The van der Waals surface area contributed by atoms with E-state index in [1.807, 2.05) is 18.0 Å². The van der Waals surface area contributed by atoms with Crippen molar-refractivity contribution >= 4 is 50.6 Å². The zero-order chi connectivity index (χ0) is 26.2. The summed E-state index contributed by atoms with van der Waals surface area (Å²) >= 11 is 7.14. The molecule has 0 aliphatic carbocycles. The van der Waals surface area contributed by atoms with Crippen LogP contribution in [0.3, 0.4) is 0 Å². The number of halogens is 4. The summed E-state index contributed by atoms with van der Waals surface area (Å²) < 4.78 is 41.6. The van der Waals surface area contributed by atoms with E-state index in [-0.39, 0.29) is 16.5 Å². The average Bonchev–Trinajstić information content (AvgIpc) is 3.62. The summed E-state index contributed by atoms with van der Waals surface area (Å²) in [4.78, 5) is 9.09. The van der Waals surface area contributed by atoms with Crippen molar-refractivity contribution in [2.24, 2.45) is 0 Å². The highest BCUT2D eigenvalue weighted by Crippen LogP contribution is 2.42. The number of nitrogens with one attached hydrogen (secondary N) is 1. The molecule has 0 amide bonds. The minimum atomic E-state index is -4.60. The Morgan fingerprint density at radius 3 is 2.76 bits per heavy atom. The number of likely N-dealkylation sites (tertiary alicyclic amines) is 1. The Morgan fingerprint density at radius 1 is 1.22 bits per heavy atom. The van der Waals surface area contributed by atoms with Crippen LogP contribution in [-0.4, -0.2) is 58.4 Å². The number of aromatic hydroxyl groups is 1. The molecule has 4 aromatic rings. The van der Waals surface area contributed by atoms with Gasteiger partial charge >= 0.3 is 6.18 Å². The molecule has 0 radical (unpaired) electrons. The molecule has 6 nitrogen and oxygen atoms in total. The molecule has 11 heteroatoms. The molecule has 0 atom stereocenters. The Hall–Kier alpha value is -3.08. The molecule has 0 unspecified atom stereocenters. The maximum Gasteiger partial charge on any atom is 0.417 e. The molecular formula is C26H25ClF3N5OS. The number of H-pyrrole nitrogens is 1. The number of nitrogens with zero attached hydrogens (tertiary/aromatic N) is 4. The van der Waals surface area contributed by atoms with E-state index in [4.69, 9.17) is 11.6 Å². The maximum absolute atomic E-state index is 13.9. The lowest BCUT2D eigenvalue weighted by atomic mass is 9.98. The summed E-state index contributed by atoms with van der Waals surface area (Å²) in [5.74, 6) is -0.228. The van der Waals surface area contributed by atoms with E-state index in [9.17, 15) is 18.3 Å². The van der Waals surface area contributed by atoms with Crippen molar-refractivity contribution in [3.05, 3.63) is 69.2 Å². The van der Waals surface area contributed by atoms with Gasteiger partial charge in [-0.1, -0.05) is 35.1 Å². The fraction of sp³-hybridized carbons (Fsp3) is 0.308. The van der Waals surface area contributed by atoms with Crippen LogP contribution >= 0.6 is 22.9 Å². The Balaban J connectivity index is 1.58. The molecular weight excluding hydrogens is 523 g/mol. The lowest BCUT2D eigenvalue weighted by molar-refractivity contribution is -0.137. The van der Waals surface area contributed by atoms with E-state index < -0.39 is 11.7 Å². The second kappa shape index (κ2) is 10.4. The molecule has 0 spiro atoms. The molecule has 2 N–H and O–H groups in total. The number of hydrogen-bond acceptors (Lipinski definition) is 6. The predicted octanol–water partition coefficient (Wildman–Crippen LogP) is 6.52. The summed E-state index contributed by atoms with van der Waals surface area (Å²) in [5.41, 5.74) is 0.929. The third-order valence-corrected chi connectivity index (χ3v) is 7.92. The van der Waals surface area contributed by atoms with Gasteiger partial charge in [0.1, 0.15) is 4.88 Å². The third-order valence-electron chi connectivity index (χ3n) is 6.49. The molecule has 5 rings (SSSR count). The fourth-order valence-electron chi connectivity index (χ4n) is 4.48. The van der Waals surface area contributed by atoms with Gasteiger partial charge in [0, 0.05) is 36.1 Å². The van der Waals surface area contributed by atoms with Gasteiger partial charge in [-0.05, 0) is 67.4 Å². The third kappa shape index (κ3) is 5.61. The van der Waals surface area contributed by atoms with Crippen LogP contribution in [0.1, 0.15) is 34.4 Å². The van der Waals surface area contributed by atoms with Crippen molar-refractivity contribution in [3.63, 3.8) is 0 Å². The Bertz CT molecular complexity index is 1440. The second-order valence-corrected chi connectivity index (χ2v) is 10.5. The van der Waals surface area contributed by atoms with Gasteiger partial charge in [-0.3, -0.25) is 5.10 Å². The van der Waals surface area contributed by atoms with Crippen molar-refractivity contribution in [2.75, 3.05) is 38.1 Å². The summed E-state index contributed by atoms with van der Waals surface area (Å²) in [6.45, 7) is 3.76. The monoisotopic (exact) mass is 547 g/mol. The lowest BCUT2D eigenvalue weighted by Crippen LogP contribution is -2.31. The molecule has 1 fully saturated rings. The van der Waals surface area contributed by atoms with Crippen molar-refractivity contribution in [3.8, 4) is 5.88 Å². The second-order valence-electron chi connectivity index (χ2n) is 9.08. The standard InChI is InChI=1S/C26H25ClF3N5OS/c1-34(10-11-35-8-2-3-9-35)25-32-24(36)23(37-25)20(16-5-7-22-18(12-16)15-31-33-22)13-17-4-6-19(27)14-21(17)26(28,29)30/h4-7,12-15,36H,2-3,8-11H2,1H3,(H,31,33). The SMILES string of the molecule is CN(CCN1CCCC1)c1nc(O)c(C(=Cc2ccc(Cl)cc2C(F)(F)F)c2ccc3[nH]ncc3c2)s1. The molecule has 0 bridgehead atoms. The minimum Gasteiger partial charge on any atom is -0.492 e. The molecule has 2 aromatic carbocycles. The van der Waals surface area contributed by atoms with Crippen molar-refractivity contribution in [2.45, 2.75) is 19.0 Å². The number of alkyl halides is 3. The molecule has 37 heavy (non-hydrogen) atoms. The van der Waals surface area contributed by atoms with E-state index in [2.05, 4.69) is 20.1 Å². The summed E-state index contributed by atoms with van der Waals surface area (Å²) in [7, 11) is 1.90. The highest BCUT2D eigenvalue weighted by molar-refractivity contribution is 7.17. The molecule has 1 saturated heterocycles. The number of hydrogen-bond donors (Lipinski definition) is 2. The van der Waals surface area contributed by atoms with Crippen molar-refractivity contribution in [1.29, 1.82) is 0 Å². The molecule has 2 aromatic heterocycles. The predicted molar refractivity (Wildman–Crippen MR) is 142 cm³/mol. The first-order chi connectivity index (χ1) is 17.7.